The number of rotatable bonds is 3. The molecule has 7 heteroatoms. The standard InChI is InChI=1S/C9H9BrClFO3S/c1-16(14,15)9(10,11)8(13)6-4-2-3-5-7(6)12/h2-5,8,13H,1H3. The topological polar surface area (TPSA) is 54.4 Å². The molecule has 1 N–H and O–H groups in total. The second-order valence-corrected chi connectivity index (χ2v) is 8.50. The van der Waals surface area contributed by atoms with E-state index >= 15 is 0 Å². The second kappa shape index (κ2) is 4.60. The van der Waals surface area contributed by atoms with E-state index in [2.05, 4.69) is 15.9 Å². The van der Waals surface area contributed by atoms with Crippen molar-refractivity contribution in [2.24, 2.45) is 0 Å². The summed E-state index contributed by atoms with van der Waals surface area (Å²) in [7, 11) is -3.80. The van der Waals surface area contributed by atoms with E-state index in [9.17, 15) is 17.9 Å². The van der Waals surface area contributed by atoms with Crippen LogP contribution in [0.4, 0.5) is 4.39 Å². The second-order valence-electron chi connectivity index (χ2n) is 3.26. The number of halogens is 3. The summed E-state index contributed by atoms with van der Waals surface area (Å²) in [4.78, 5) is 0. The average molecular weight is 332 g/mol. The van der Waals surface area contributed by atoms with Crippen LogP contribution in [0.5, 0.6) is 0 Å². The van der Waals surface area contributed by atoms with Crippen molar-refractivity contribution >= 4 is 37.4 Å². The molecule has 0 heterocycles. The van der Waals surface area contributed by atoms with Gasteiger partial charge in [-0.2, -0.15) is 0 Å². The van der Waals surface area contributed by atoms with Crippen LogP contribution < -0.4 is 0 Å². The number of sulfone groups is 1. The lowest BCUT2D eigenvalue weighted by molar-refractivity contribution is 0.180. The maximum atomic E-state index is 13.3. The highest BCUT2D eigenvalue weighted by atomic mass is 79.9. The molecule has 0 amide bonds. The molecule has 1 rings (SSSR count). The number of hydrogen-bond acceptors (Lipinski definition) is 3. The van der Waals surface area contributed by atoms with Crippen molar-refractivity contribution in [1.29, 1.82) is 0 Å². The minimum absolute atomic E-state index is 0.181. The maximum absolute atomic E-state index is 13.3. The molecule has 1 aromatic rings. The Bertz CT molecular complexity index is 489. The molecule has 0 aliphatic rings. The van der Waals surface area contributed by atoms with Gasteiger partial charge in [-0.1, -0.05) is 29.8 Å². The quantitative estimate of drug-likeness (QED) is 0.864. The van der Waals surface area contributed by atoms with Gasteiger partial charge >= 0.3 is 0 Å². The lowest BCUT2D eigenvalue weighted by Crippen LogP contribution is -2.32. The lowest BCUT2D eigenvalue weighted by atomic mass is 10.1. The Hall–Kier alpha value is -0.170. The third kappa shape index (κ3) is 2.56. The van der Waals surface area contributed by atoms with Crippen molar-refractivity contribution in [2.45, 2.75) is 9.22 Å². The summed E-state index contributed by atoms with van der Waals surface area (Å²) in [6.45, 7) is 0. The number of benzene rings is 1. The Morgan fingerprint density at radius 1 is 1.50 bits per heavy atom. The molecular weight excluding hydrogens is 323 g/mol. The molecule has 0 spiro atoms. The number of alkyl halides is 2. The Kier molecular flexibility index (Phi) is 3.99. The molecule has 2 unspecified atom stereocenters. The summed E-state index contributed by atoms with van der Waals surface area (Å²) >= 11 is 8.38. The Balaban J connectivity index is 3.23. The van der Waals surface area contributed by atoms with Gasteiger partial charge in [-0.15, -0.1) is 0 Å². The molecule has 3 nitrogen and oxygen atoms in total. The fourth-order valence-electron chi connectivity index (χ4n) is 1.08. The van der Waals surface area contributed by atoms with Crippen LogP contribution >= 0.6 is 27.5 Å². The fourth-order valence-corrected chi connectivity index (χ4v) is 1.98. The number of hydrogen-bond donors (Lipinski definition) is 1. The van der Waals surface area contributed by atoms with Gasteiger partial charge in [0.05, 0.1) is 0 Å². The first kappa shape index (κ1) is 13.9. The highest BCUT2D eigenvalue weighted by molar-refractivity contribution is 9.12. The van der Waals surface area contributed by atoms with Gasteiger partial charge in [-0.25, -0.2) is 12.8 Å². The smallest absolute Gasteiger partial charge is 0.228 e. The summed E-state index contributed by atoms with van der Waals surface area (Å²) < 4.78 is 33.8. The predicted octanol–water partition coefficient (Wildman–Crippen LogP) is 2.19. The van der Waals surface area contributed by atoms with Crippen molar-refractivity contribution in [3.63, 3.8) is 0 Å². The third-order valence-electron chi connectivity index (χ3n) is 2.01. The molecule has 90 valence electrons. The molecule has 0 radical (unpaired) electrons. The van der Waals surface area contributed by atoms with E-state index in [4.69, 9.17) is 11.6 Å². The van der Waals surface area contributed by atoms with Gasteiger partial charge in [0, 0.05) is 11.8 Å². The van der Waals surface area contributed by atoms with Crippen LogP contribution in [0.25, 0.3) is 0 Å². The summed E-state index contributed by atoms with van der Waals surface area (Å²) in [5.41, 5.74) is -0.181. The SMILES string of the molecule is CS(=O)(=O)C(Cl)(Br)C(O)c1ccccc1F. The zero-order valence-corrected chi connectivity index (χ0v) is 11.4. The van der Waals surface area contributed by atoms with Gasteiger partial charge in [-0.05, 0) is 22.0 Å². The van der Waals surface area contributed by atoms with Gasteiger partial charge in [0.1, 0.15) is 11.9 Å². The molecule has 0 bridgehead atoms. The molecule has 2 atom stereocenters. The van der Waals surface area contributed by atoms with Gasteiger partial charge < -0.3 is 5.11 Å². The van der Waals surface area contributed by atoms with E-state index in [1.807, 2.05) is 0 Å². The van der Waals surface area contributed by atoms with E-state index in [-0.39, 0.29) is 5.56 Å². The predicted molar refractivity (Wildman–Crippen MR) is 63.7 cm³/mol. The Labute approximate surface area is 106 Å². The summed E-state index contributed by atoms with van der Waals surface area (Å²) in [6.07, 6.45) is -0.857. The summed E-state index contributed by atoms with van der Waals surface area (Å²) in [5.74, 6) is -0.719. The zero-order valence-electron chi connectivity index (χ0n) is 8.19. The monoisotopic (exact) mass is 330 g/mol. The van der Waals surface area contributed by atoms with E-state index in [1.54, 1.807) is 0 Å². The van der Waals surface area contributed by atoms with Crippen molar-refractivity contribution in [3.05, 3.63) is 35.6 Å². The van der Waals surface area contributed by atoms with Crippen LogP contribution in [-0.4, -0.2) is 22.9 Å². The first-order chi connectivity index (χ1) is 7.18. The lowest BCUT2D eigenvalue weighted by Gasteiger charge is -2.24. The van der Waals surface area contributed by atoms with Gasteiger partial charge in [-0.3, -0.25) is 0 Å². The van der Waals surface area contributed by atoms with Crippen LogP contribution in [0.2, 0.25) is 0 Å². The molecule has 0 aromatic heterocycles. The van der Waals surface area contributed by atoms with Crippen LogP contribution in [0.15, 0.2) is 24.3 Å². The van der Waals surface area contributed by atoms with Crippen molar-refractivity contribution in [3.8, 4) is 0 Å². The van der Waals surface area contributed by atoms with Crippen molar-refractivity contribution < 1.29 is 17.9 Å². The minimum Gasteiger partial charge on any atom is -0.384 e. The summed E-state index contributed by atoms with van der Waals surface area (Å²) in [6, 6.07) is 5.28. The molecule has 0 saturated heterocycles. The number of aliphatic hydroxyl groups is 1. The van der Waals surface area contributed by atoms with E-state index in [1.165, 1.54) is 18.2 Å². The third-order valence-corrected chi connectivity index (χ3v) is 6.47. The van der Waals surface area contributed by atoms with Crippen molar-refractivity contribution in [1.82, 2.24) is 0 Å². The Morgan fingerprint density at radius 2 is 2.00 bits per heavy atom. The normalized spacial score (nSPS) is 17.8. The van der Waals surface area contributed by atoms with Crippen LogP contribution in [-0.2, 0) is 9.84 Å². The molecule has 16 heavy (non-hydrogen) atoms. The largest absolute Gasteiger partial charge is 0.384 e. The molecule has 1 aromatic carbocycles. The number of aliphatic hydroxyl groups excluding tert-OH is 1. The van der Waals surface area contributed by atoms with E-state index in [0.717, 1.165) is 12.3 Å². The summed E-state index contributed by atoms with van der Waals surface area (Å²) in [5, 5.41) is 9.77. The zero-order chi connectivity index (χ0) is 12.6. The molecule has 0 aliphatic carbocycles. The van der Waals surface area contributed by atoms with Gasteiger partial charge in [0.15, 0.2) is 9.84 Å². The molecule has 0 fully saturated rings. The average Bonchev–Trinajstić information content (AvgIpc) is 2.15. The van der Waals surface area contributed by atoms with Crippen LogP contribution in [0.1, 0.15) is 11.7 Å². The highest BCUT2D eigenvalue weighted by Gasteiger charge is 2.45. The molecule has 0 aliphatic heterocycles. The van der Waals surface area contributed by atoms with E-state index in [0.29, 0.717) is 0 Å². The van der Waals surface area contributed by atoms with Gasteiger partial charge in [0.25, 0.3) is 0 Å². The molecule has 0 saturated carbocycles. The highest BCUT2D eigenvalue weighted by Crippen LogP contribution is 2.42. The van der Waals surface area contributed by atoms with Crippen molar-refractivity contribution in [2.75, 3.05) is 6.26 Å². The van der Waals surface area contributed by atoms with Crippen LogP contribution in [0, 0.1) is 5.82 Å². The van der Waals surface area contributed by atoms with Crippen LogP contribution in [0.3, 0.4) is 0 Å². The molecular formula is C9H9BrClFO3S. The van der Waals surface area contributed by atoms with Gasteiger partial charge in [0.2, 0.25) is 3.12 Å². The Morgan fingerprint density at radius 3 is 2.44 bits per heavy atom. The van der Waals surface area contributed by atoms with E-state index < -0.39 is 24.9 Å². The minimum atomic E-state index is -3.80. The maximum Gasteiger partial charge on any atom is 0.228 e. The fraction of sp³-hybridized carbons (Fsp3) is 0.333. The first-order valence-corrected chi connectivity index (χ1v) is 7.24. The first-order valence-electron chi connectivity index (χ1n) is 4.18.